The number of nitrogens with zero attached hydrogens (tertiary/aromatic N) is 2. The summed E-state index contributed by atoms with van der Waals surface area (Å²) in [4.78, 5) is 2.10. The van der Waals surface area contributed by atoms with E-state index in [4.69, 9.17) is 4.74 Å². The van der Waals surface area contributed by atoms with Crippen LogP contribution >= 0.6 is 0 Å². The molecular formula is C23H26F3N3O2. The highest BCUT2D eigenvalue weighted by molar-refractivity contribution is 5.29. The first kappa shape index (κ1) is 22.8. The Morgan fingerprint density at radius 2 is 1.71 bits per heavy atom. The van der Waals surface area contributed by atoms with Crippen LogP contribution in [0.15, 0.2) is 54.7 Å². The van der Waals surface area contributed by atoms with Crippen LogP contribution in [0, 0.1) is 13.8 Å². The minimum Gasteiger partial charge on any atom is -0.491 e. The molecule has 0 radical (unpaired) electrons. The number of hydrogen-bond acceptors (Lipinski definition) is 4. The number of H-pyrrole nitrogens is 1. The molecule has 0 spiro atoms. The molecule has 0 aliphatic carbocycles. The summed E-state index contributed by atoms with van der Waals surface area (Å²) in [7, 11) is 0. The molecule has 31 heavy (non-hydrogen) atoms. The van der Waals surface area contributed by atoms with E-state index in [9.17, 15) is 18.3 Å². The molecule has 0 fully saturated rings. The number of ether oxygens (including phenoxy) is 1. The minimum atomic E-state index is -4.39. The van der Waals surface area contributed by atoms with Gasteiger partial charge in [0.2, 0.25) is 0 Å². The molecule has 0 saturated carbocycles. The van der Waals surface area contributed by atoms with Crippen LogP contribution in [0.1, 0.15) is 27.9 Å². The molecule has 1 heterocycles. The molecule has 2 aromatic carbocycles. The van der Waals surface area contributed by atoms with E-state index in [-0.39, 0.29) is 12.4 Å². The average molecular weight is 433 g/mol. The lowest BCUT2D eigenvalue weighted by atomic mass is 10.1. The Labute approximate surface area is 179 Å². The van der Waals surface area contributed by atoms with Gasteiger partial charge in [0.05, 0.1) is 11.8 Å². The molecule has 0 bridgehead atoms. The fourth-order valence-electron chi connectivity index (χ4n) is 3.27. The van der Waals surface area contributed by atoms with E-state index in [2.05, 4.69) is 21.2 Å². The van der Waals surface area contributed by atoms with Crippen LogP contribution < -0.4 is 4.74 Å². The maximum Gasteiger partial charge on any atom is 0.416 e. The quantitative estimate of drug-likeness (QED) is 0.522. The molecule has 2 N–H and O–H groups in total. The monoisotopic (exact) mass is 433 g/mol. The molecule has 166 valence electrons. The third-order valence-electron chi connectivity index (χ3n) is 5.08. The number of halogens is 3. The van der Waals surface area contributed by atoms with Gasteiger partial charge in [-0.05, 0) is 49.2 Å². The van der Waals surface area contributed by atoms with Crippen LogP contribution in [0.25, 0.3) is 0 Å². The number of aliphatic hydroxyl groups excluding tert-OH is 1. The molecule has 8 heteroatoms. The smallest absolute Gasteiger partial charge is 0.416 e. The fourth-order valence-corrected chi connectivity index (χ4v) is 3.27. The van der Waals surface area contributed by atoms with Gasteiger partial charge in [-0.3, -0.25) is 10.00 Å². The number of aryl methyl sites for hydroxylation is 2. The Kier molecular flexibility index (Phi) is 7.35. The van der Waals surface area contributed by atoms with Crippen LogP contribution in [-0.4, -0.2) is 39.5 Å². The first-order chi connectivity index (χ1) is 14.7. The summed E-state index contributed by atoms with van der Waals surface area (Å²) in [5.41, 5.74) is 3.57. The molecule has 5 nitrogen and oxygen atoms in total. The summed E-state index contributed by atoms with van der Waals surface area (Å²) in [6.45, 7) is 5.52. The SMILES string of the molecule is Cc1ccccc1CN(Cc1cn[nH]c1C)CC(O)COc1ccc(C(F)(F)F)cc1. The normalized spacial score (nSPS) is 12.9. The van der Waals surface area contributed by atoms with Crippen molar-refractivity contribution in [1.29, 1.82) is 0 Å². The predicted molar refractivity (Wildman–Crippen MR) is 112 cm³/mol. The summed E-state index contributed by atoms with van der Waals surface area (Å²) in [6.07, 6.45) is -3.44. The van der Waals surface area contributed by atoms with Gasteiger partial charge < -0.3 is 9.84 Å². The number of benzene rings is 2. The van der Waals surface area contributed by atoms with Crippen molar-refractivity contribution in [3.8, 4) is 5.75 Å². The van der Waals surface area contributed by atoms with E-state index in [0.29, 0.717) is 19.6 Å². The van der Waals surface area contributed by atoms with E-state index in [0.717, 1.165) is 34.5 Å². The molecule has 0 aliphatic heterocycles. The Bertz CT molecular complexity index is 971. The van der Waals surface area contributed by atoms with Crippen LogP contribution in [0.4, 0.5) is 13.2 Å². The van der Waals surface area contributed by atoms with Gasteiger partial charge in [-0.15, -0.1) is 0 Å². The van der Waals surface area contributed by atoms with Crippen LogP contribution in [-0.2, 0) is 19.3 Å². The van der Waals surface area contributed by atoms with E-state index >= 15 is 0 Å². The number of rotatable bonds is 9. The predicted octanol–water partition coefficient (Wildman–Crippen LogP) is 4.49. The summed E-state index contributed by atoms with van der Waals surface area (Å²) in [6, 6.07) is 12.5. The van der Waals surface area contributed by atoms with Crippen molar-refractivity contribution in [3.63, 3.8) is 0 Å². The van der Waals surface area contributed by atoms with Gasteiger partial charge >= 0.3 is 6.18 Å². The number of aromatic nitrogens is 2. The lowest BCUT2D eigenvalue weighted by Gasteiger charge is -2.26. The lowest BCUT2D eigenvalue weighted by Crippen LogP contribution is -2.35. The van der Waals surface area contributed by atoms with E-state index in [1.807, 2.05) is 32.0 Å². The van der Waals surface area contributed by atoms with Crippen molar-refractivity contribution in [3.05, 3.63) is 82.7 Å². The van der Waals surface area contributed by atoms with Gasteiger partial charge in [0.15, 0.2) is 0 Å². The van der Waals surface area contributed by atoms with Gasteiger partial charge in [0, 0.05) is 30.9 Å². The number of nitrogens with one attached hydrogen (secondary N) is 1. The van der Waals surface area contributed by atoms with E-state index < -0.39 is 17.8 Å². The van der Waals surface area contributed by atoms with Crippen molar-refractivity contribution in [2.75, 3.05) is 13.2 Å². The van der Waals surface area contributed by atoms with Crippen molar-refractivity contribution >= 4 is 0 Å². The molecule has 1 aromatic heterocycles. The van der Waals surface area contributed by atoms with Crippen molar-refractivity contribution in [1.82, 2.24) is 15.1 Å². The summed E-state index contributed by atoms with van der Waals surface area (Å²) in [5, 5.41) is 17.5. The van der Waals surface area contributed by atoms with E-state index in [1.54, 1.807) is 6.20 Å². The highest BCUT2D eigenvalue weighted by atomic mass is 19.4. The first-order valence-electron chi connectivity index (χ1n) is 9.96. The van der Waals surface area contributed by atoms with Crippen LogP contribution in [0.2, 0.25) is 0 Å². The summed E-state index contributed by atoms with van der Waals surface area (Å²) >= 11 is 0. The molecule has 0 saturated heterocycles. The first-order valence-corrected chi connectivity index (χ1v) is 9.96. The Hall–Kier alpha value is -2.84. The van der Waals surface area contributed by atoms with Crippen molar-refractivity contribution in [2.24, 2.45) is 0 Å². The van der Waals surface area contributed by atoms with Crippen LogP contribution in [0.3, 0.4) is 0 Å². The summed E-state index contributed by atoms with van der Waals surface area (Å²) < 4.78 is 43.5. The molecule has 0 aliphatic rings. The molecule has 0 amide bonds. The Balaban J connectivity index is 1.62. The zero-order valence-corrected chi connectivity index (χ0v) is 17.5. The van der Waals surface area contributed by atoms with Gasteiger partial charge in [-0.2, -0.15) is 18.3 Å². The zero-order chi connectivity index (χ0) is 22.4. The van der Waals surface area contributed by atoms with Gasteiger partial charge in [-0.25, -0.2) is 0 Å². The third-order valence-corrected chi connectivity index (χ3v) is 5.08. The Morgan fingerprint density at radius 1 is 1.03 bits per heavy atom. The second kappa shape index (κ2) is 9.98. The van der Waals surface area contributed by atoms with Crippen LogP contribution in [0.5, 0.6) is 5.75 Å². The van der Waals surface area contributed by atoms with E-state index in [1.165, 1.54) is 12.1 Å². The Morgan fingerprint density at radius 3 is 2.32 bits per heavy atom. The van der Waals surface area contributed by atoms with Crippen molar-refractivity contribution in [2.45, 2.75) is 39.2 Å². The second-order valence-electron chi connectivity index (χ2n) is 7.60. The maximum absolute atomic E-state index is 12.7. The third kappa shape index (κ3) is 6.57. The highest BCUT2D eigenvalue weighted by Crippen LogP contribution is 2.30. The minimum absolute atomic E-state index is 0.0278. The number of aliphatic hydroxyl groups is 1. The fraction of sp³-hybridized carbons (Fsp3) is 0.348. The number of aromatic amines is 1. The largest absolute Gasteiger partial charge is 0.491 e. The van der Waals surface area contributed by atoms with Gasteiger partial charge in [0.1, 0.15) is 18.5 Å². The van der Waals surface area contributed by atoms with Gasteiger partial charge in [-0.1, -0.05) is 24.3 Å². The topological polar surface area (TPSA) is 61.4 Å². The molecular weight excluding hydrogens is 407 g/mol. The number of alkyl halides is 3. The van der Waals surface area contributed by atoms with Gasteiger partial charge in [0.25, 0.3) is 0 Å². The average Bonchev–Trinajstić information content (AvgIpc) is 3.12. The molecule has 3 aromatic rings. The summed E-state index contributed by atoms with van der Waals surface area (Å²) in [5.74, 6) is 0.281. The standard InChI is InChI=1S/C23H26F3N3O2/c1-16-5-3-4-6-18(16)12-29(13-19-11-27-28-17(19)2)14-21(30)15-31-22-9-7-20(8-10-22)23(24,25)26/h3-11,21,30H,12-15H2,1-2H3,(H,27,28). The maximum atomic E-state index is 12.7. The van der Waals surface area contributed by atoms with Crippen molar-refractivity contribution < 1.29 is 23.0 Å². The molecule has 1 atom stereocenters. The number of hydrogen-bond donors (Lipinski definition) is 2. The zero-order valence-electron chi connectivity index (χ0n) is 17.5. The lowest BCUT2D eigenvalue weighted by molar-refractivity contribution is -0.137. The highest BCUT2D eigenvalue weighted by Gasteiger charge is 2.30. The second-order valence-corrected chi connectivity index (χ2v) is 7.60. The molecule has 3 rings (SSSR count). The molecule has 1 unspecified atom stereocenters.